The van der Waals surface area contributed by atoms with Gasteiger partial charge in [0, 0.05) is 18.3 Å². The van der Waals surface area contributed by atoms with Gasteiger partial charge in [0.05, 0.1) is 12.3 Å². The number of hydrogen-bond acceptors (Lipinski definition) is 3. The molecule has 0 aromatic heterocycles. The first-order valence-corrected chi connectivity index (χ1v) is 7.03. The molecule has 0 bridgehead atoms. The second kappa shape index (κ2) is 6.48. The van der Waals surface area contributed by atoms with Crippen LogP contribution in [0.15, 0.2) is 30.3 Å². The molecule has 0 aliphatic heterocycles. The molecule has 0 radical (unpaired) electrons. The van der Waals surface area contributed by atoms with E-state index in [0.717, 1.165) is 11.3 Å². The zero-order valence-corrected chi connectivity index (χ0v) is 12.7. The molecule has 4 heteroatoms. The van der Waals surface area contributed by atoms with Crippen LogP contribution >= 0.6 is 0 Å². The molecule has 0 saturated carbocycles. The van der Waals surface area contributed by atoms with Gasteiger partial charge in [0.2, 0.25) is 0 Å². The van der Waals surface area contributed by atoms with E-state index in [4.69, 9.17) is 10.5 Å². The third kappa shape index (κ3) is 3.66. The first kappa shape index (κ1) is 15.2. The van der Waals surface area contributed by atoms with E-state index < -0.39 is 0 Å². The molecule has 3 nitrogen and oxygen atoms in total. The lowest BCUT2D eigenvalue weighted by Gasteiger charge is -2.12. The molecule has 0 amide bonds. The van der Waals surface area contributed by atoms with E-state index in [9.17, 15) is 4.39 Å². The van der Waals surface area contributed by atoms with Crippen LogP contribution in [0.5, 0.6) is 5.75 Å². The maximum Gasteiger partial charge on any atom is 0.144 e. The molecule has 2 rings (SSSR count). The third-order valence-electron chi connectivity index (χ3n) is 3.31. The fourth-order valence-electron chi connectivity index (χ4n) is 2.27. The van der Waals surface area contributed by atoms with E-state index in [1.165, 1.54) is 0 Å². The summed E-state index contributed by atoms with van der Waals surface area (Å²) in [5.41, 5.74) is 9.76. The van der Waals surface area contributed by atoms with Gasteiger partial charge in [0.15, 0.2) is 0 Å². The first-order chi connectivity index (χ1) is 10.0. The second-order valence-corrected chi connectivity index (χ2v) is 5.08. The molecule has 0 atom stereocenters. The van der Waals surface area contributed by atoms with E-state index in [0.29, 0.717) is 35.7 Å². The van der Waals surface area contributed by atoms with Crippen molar-refractivity contribution in [1.29, 1.82) is 0 Å². The highest BCUT2D eigenvalue weighted by Crippen LogP contribution is 2.26. The van der Waals surface area contributed by atoms with Crippen LogP contribution in [0.25, 0.3) is 0 Å². The summed E-state index contributed by atoms with van der Waals surface area (Å²) in [6.07, 6.45) is 0. The van der Waals surface area contributed by atoms with Gasteiger partial charge in [-0.1, -0.05) is 12.1 Å². The minimum absolute atomic E-state index is 0.134. The van der Waals surface area contributed by atoms with Crippen molar-refractivity contribution in [3.63, 3.8) is 0 Å². The number of nitrogens with two attached hydrogens (primary N) is 1. The zero-order valence-electron chi connectivity index (χ0n) is 12.7. The van der Waals surface area contributed by atoms with Gasteiger partial charge in [-0.2, -0.15) is 0 Å². The molecule has 3 N–H and O–H groups in total. The molecule has 21 heavy (non-hydrogen) atoms. The Morgan fingerprint density at radius 3 is 2.43 bits per heavy atom. The summed E-state index contributed by atoms with van der Waals surface area (Å²) in [6, 6.07) is 9.31. The lowest BCUT2D eigenvalue weighted by atomic mass is 10.1. The summed E-state index contributed by atoms with van der Waals surface area (Å²) in [7, 11) is 0. The van der Waals surface area contributed by atoms with Crippen molar-refractivity contribution in [2.24, 2.45) is 0 Å². The summed E-state index contributed by atoms with van der Waals surface area (Å²) in [4.78, 5) is 0. The maximum absolute atomic E-state index is 13.6. The smallest absolute Gasteiger partial charge is 0.144 e. The van der Waals surface area contributed by atoms with Gasteiger partial charge >= 0.3 is 0 Å². The van der Waals surface area contributed by atoms with Crippen LogP contribution in [0, 0.1) is 19.7 Å². The van der Waals surface area contributed by atoms with Crippen LogP contribution in [-0.4, -0.2) is 6.61 Å². The fourth-order valence-corrected chi connectivity index (χ4v) is 2.27. The molecule has 0 spiro atoms. The molecule has 2 aromatic carbocycles. The molecule has 0 heterocycles. The molecular weight excluding hydrogens is 267 g/mol. The van der Waals surface area contributed by atoms with Gasteiger partial charge in [0.1, 0.15) is 11.6 Å². The minimum Gasteiger partial charge on any atom is -0.492 e. The normalized spacial score (nSPS) is 10.5. The van der Waals surface area contributed by atoms with E-state index in [-0.39, 0.29) is 5.82 Å². The molecule has 112 valence electrons. The Morgan fingerprint density at radius 1 is 1.14 bits per heavy atom. The van der Waals surface area contributed by atoms with Crippen molar-refractivity contribution in [2.45, 2.75) is 27.3 Å². The van der Waals surface area contributed by atoms with E-state index in [1.807, 2.05) is 37.3 Å². The lowest BCUT2D eigenvalue weighted by molar-refractivity contribution is 0.342. The molecule has 0 unspecified atom stereocenters. The van der Waals surface area contributed by atoms with Gasteiger partial charge in [-0.15, -0.1) is 0 Å². The topological polar surface area (TPSA) is 47.3 Å². The van der Waals surface area contributed by atoms with Gasteiger partial charge in [-0.05, 0) is 49.6 Å². The van der Waals surface area contributed by atoms with Crippen LogP contribution in [-0.2, 0) is 6.54 Å². The van der Waals surface area contributed by atoms with E-state index in [1.54, 1.807) is 13.8 Å². The number of nitrogen functional groups attached to an aromatic ring is 1. The first-order valence-electron chi connectivity index (χ1n) is 7.03. The number of anilines is 2. The largest absolute Gasteiger partial charge is 0.492 e. The average Bonchev–Trinajstić information content (AvgIpc) is 2.45. The minimum atomic E-state index is -0.134. The number of halogens is 1. The van der Waals surface area contributed by atoms with Gasteiger partial charge in [-0.3, -0.25) is 0 Å². The Hall–Kier alpha value is -2.23. The Labute approximate surface area is 124 Å². The fraction of sp³-hybridized carbons (Fsp3) is 0.294. The molecule has 2 aromatic rings. The predicted molar refractivity (Wildman–Crippen MR) is 85.2 cm³/mol. The number of benzene rings is 2. The van der Waals surface area contributed by atoms with Crippen LogP contribution in [0.4, 0.5) is 15.8 Å². The summed E-state index contributed by atoms with van der Waals surface area (Å²) >= 11 is 0. The number of aryl methyl sites for hydroxylation is 2. The van der Waals surface area contributed by atoms with Crippen molar-refractivity contribution in [2.75, 3.05) is 17.7 Å². The van der Waals surface area contributed by atoms with Crippen molar-refractivity contribution < 1.29 is 9.13 Å². The van der Waals surface area contributed by atoms with Crippen LogP contribution in [0.3, 0.4) is 0 Å². The van der Waals surface area contributed by atoms with Crippen LogP contribution < -0.4 is 15.8 Å². The Kier molecular flexibility index (Phi) is 4.68. The highest BCUT2D eigenvalue weighted by molar-refractivity contribution is 5.61. The van der Waals surface area contributed by atoms with Crippen molar-refractivity contribution in [1.82, 2.24) is 0 Å². The third-order valence-corrected chi connectivity index (χ3v) is 3.31. The molecular formula is C17H21FN2O. The number of hydrogen-bond donors (Lipinski definition) is 2. The summed E-state index contributed by atoms with van der Waals surface area (Å²) in [6.45, 7) is 6.68. The summed E-state index contributed by atoms with van der Waals surface area (Å²) < 4.78 is 19.1. The lowest BCUT2D eigenvalue weighted by Crippen LogP contribution is -2.03. The predicted octanol–water partition coefficient (Wildman–Crippen LogP) is 4.04. The van der Waals surface area contributed by atoms with Crippen molar-refractivity contribution >= 4 is 11.4 Å². The van der Waals surface area contributed by atoms with Crippen LogP contribution in [0.1, 0.15) is 23.6 Å². The van der Waals surface area contributed by atoms with E-state index >= 15 is 0 Å². The Bertz CT molecular complexity index is 618. The number of ether oxygens (including phenoxy) is 1. The van der Waals surface area contributed by atoms with Crippen LogP contribution in [0.2, 0.25) is 0 Å². The Balaban J connectivity index is 2.11. The Morgan fingerprint density at radius 2 is 1.81 bits per heavy atom. The number of rotatable bonds is 5. The van der Waals surface area contributed by atoms with Gasteiger partial charge in [-0.25, -0.2) is 4.39 Å². The molecule has 0 saturated heterocycles. The van der Waals surface area contributed by atoms with E-state index in [2.05, 4.69) is 5.32 Å². The highest BCUT2D eigenvalue weighted by Gasteiger charge is 2.05. The zero-order chi connectivity index (χ0) is 15.4. The average molecular weight is 288 g/mol. The van der Waals surface area contributed by atoms with Gasteiger partial charge < -0.3 is 15.8 Å². The van der Waals surface area contributed by atoms with Crippen molar-refractivity contribution in [3.8, 4) is 5.75 Å². The quantitative estimate of drug-likeness (QED) is 0.816. The summed E-state index contributed by atoms with van der Waals surface area (Å²) in [5.74, 6) is 0.541. The van der Waals surface area contributed by atoms with Gasteiger partial charge in [0.25, 0.3) is 0 Å². The monoisotopic (exact) mass is 288 g/mol. The highest BCUT2D eigenvalue weighted by atomic mass is 19.1. The summed E-state index contributed by atoms with van der Waals surface area (Å²) in [5, 5.41) is 3.30. The number of nitrogens with one attached hydrogen (secondary N) is 1. The maximum atomic E-state index is 13.6. The molecule has 0 aliphatic carbocycles. The second-order valence-electron chi connectivity index (χ2n) is 5.08. The van der Waals surface area contributed by atoms with Crippen molar-refractivity contribution in [3.05, 3.63) is 52.8 Å². The molecule has 0 fully saturated rings. The molecule has 0 aliphatic rings. The standard InChI is InChI=1S/C17H21FN2O/c1-4-21-16-9-14(5-6-15(16)19)20-10-13-7-11(2)17(18)12(3)8-13/h5-9,20H,4,10,19H2,1-3H3. The SMILES string of the molecule is CCOc1cc(NCc2cc(C)c(F)c(C)c2)ccc1N.